The number of aryl methyl sites for hydroxylation is 1. The lowest BCUT2D eigenvalue weighted by molar-refractivity contribution is 0.296. The van der Waals surface area contributed by atoms with E-state index in [2.05, 4.69) is 20.1 Å². The molecule has 0 amide bonds. The van der Waals surface area contributed by atoms with Gasteiger partial charge in [0, 0.05) is 45.7 Å². The van der Waals surface area contributed by atoms with Crippen LogP contribution in [0.5, 0.6) is 0 Å². The average Bonchev–Trinajstić information content (AvgIpc) is 3.11. The molecule has 0 N–H and O–H groups in total. The van der Waals surface area contributed by atoms with Crippen LogP contribution in [0.25, 0.3) is 11.4 Å². The molecule has 2 aromatic rings. The maximum Gasteiger partial charge on any atom is 0.281 e. The summed E-state index contributed by atoms with van der Waals surface area (Å²) in [4.78, 5) is 12.8. The molecular weight excluding hydrogens is 344 g/mol. The van der Waals surface area contributed by atoms with Gasteiger partial charge >= 0.3 is 0 Å². The molecule has 0 aromatic carbocycles. The molecule has 0 radical (unpaired) electrons. The Morgan fingerprint density at radius 3 is 2.88 bits per heavy atom. The molecule has 1 unspecified atom stereocenters. The van der Waals surface area contributed by atoms with Gasteiger partial charge in [-0.05, 0) is 12.8 Å². The van der Waals surface area contributed by atoms with Crippen LogP contribution in [-0.2, 0) is 16.6 Å². The van der Waals surface area contributed by atoms with E-state index >= 15 is 0 Å². The van der Waals surface area contributed by atoms with Crippen molar-refractivity contribution < 1.29 is 12.9 Å². The smallest absolute Gasteiger partial charge is 0.281 e. The molecule has 0 aliphatic carbocycles. The highest BCUT2D eigenvalue weighted by atomic mass is 32.2. The van der Waals surface area contributed by atoms with Crippen LogP contribution in [-0.4, -0.2) is 64.3 Å². The maximum atomic E-state index is 12.4. The number of nitrogens with zero attached hydrogens (tertiary/aromatic N) is 6. The lowest BCUT2D eigenvalue weighted by atomic mass is 9.93. The van der Waals surface area contributed by atoms with Crippen molar-refractivity contribution >= 4 is 10.2 Å². The van der Waals surface area contributed by atoms with Gasteiger partial charge in [0.2, 0.25) is 11.7 Å². The van der Waals surface area contributed by atoms with Crippen LogP contribution >= 0.6 is 0 Å². The molecule has 1 saturated heterocycles. The van der Waals surface area contributed by atoms with Crippen LogP contribution in [0, 0.1) is 0 Å². The van der Waals surface area contributed by atoms with Crippen LogP contribution in [0.15, 0.2) is 17.0 Å². The van der Waals surface area contributed by atoms with E-state index in [1.165, 1.54) is 14.9 Å². The summed E-state index contributed by atoms with van der Waals surface area (Å²) >= 11 is 0. The summed E-state index contributed by atoms with van der Waals surface area (Å²) < 4.78 is 32.8. The van der Waals surface area contributed by atoms with Crippen LogP contribution in [0.3, 0.4) is 0 Å². The van der Waals surface area contributed by atoms with E-state index in [1.54, 1.807) is 20.3 Å². The summed E-state index contributed by atoms with van der Waals surface area (Å²) in [6.45, 7) is 2.83. The number of piperidine rings is 1. The molecule has 2 aromatic heterocycles. The first-order chi connectivity index (χ1) is 11.9. The van der Waals surface area contributed by atoms with Gasteiger partial charge < -0.3 is 4.52 Å². The Kier molecular flexibility index (Phi) is 5.11. The second-order valence-corrected chi connectivity index (χ2v) is 8.32. The summed E-state index contributed by atoms with van der Waals surface area (Å²) in [5.41, 5.74) is 1.46. The van der Waals surface area contributed by atoms with E-state index in [-0.39, 0.29) is 5.92 Å². The van der Waals surface area contributed by atoms with Crippen LogP contribution in [0.2, 0.25) is 0 Å². The number of aromatic nitrogens is 4. The van der Waals surface area contributed by atoms with Crippen molar-refractivity contribution in [2.45, 2.75) is 32.1 Å². The molecular formula is C15H22N6O3S. The standard InChI is InChI=1S/C15H22N6O3S/c1-4-13-18-15(19-24-13)12-8-16-10-17-14(12)11-6-5-7-21(9-11)25(22,23)20(2)3/h8,10-11H,4-7,9H2,1-3H3. The predicted octanol–water partition coefficient (Wildman–Crippen LogP) is 1.07. The van der Waals surface area contributed by atoms with Gasteiger partial charge in [0.05, 0.1) is 11.3 Å². The minimum atomic E-state index is -3.44. The molecule has 0 spiro atoms. The molecule has 136 valence electrons. The van der Waals surface area contributed by atoms with E-state index < -0.39 is 10.2 Å². The van der Waals surface area contributed by atoms with Crippen molar-refractivity contribution in [3.8, 4) is 11.4 Å². The molecule has 3 heterocycles. The Morgan fingerprint density at radius 1 is 1.40 bits per heavy atom. The van der Waals surface area contributed by atoms with Crippen molar-refractivity contribution in [3.63, 3.8) is 0 Å². The van der Waals surface area contributed by atoms with Gasteiger partial charge in [0.15, 0.2) is 0 Å². The lowest BCUT2D eigenvalue weighted by Crippen LogP contribution is -2.45. The Labute approximate surface area is 147 Å². The Balaban J connectivity index is 1.92. The third kappa shape index (κ3) is 3.55. The molecule has 10 heteroatoms. The number of rotatable bonds is 5. The lowest BCUT2D eigenvalue weighted by Gasteiger charge is -2.33. The summed E-state index contributed by atoms with van der Waals surface area (Å²) in [6, 6.07) is 0. The van der Waals surface area contributed by atoms with Gasteiger partial charge in [-0.2, -0.15) is 22.0 Å². The summed E-state index contributed by atoms with van der Waals surface area (Å²) in [5, 5.41) is 4.00. The fraction of sp³-hybridized carbons (Fsp3) is 0.600. The summed E-state index contributed by atoms with van der Waals surface area (Å²) in [6.07, 6.45) is 5.40. The second-order valence-electron chi connectivity index (χ2n) is 6.17. The largest absolute Gasteiger partial charge is 0.339 e. The maximum absolute atomic E-state index is 12.4. The van der Waals surface area contributed by atoms with Crippen molar-refractivity contribution in [2.24, 2.45) is 0 Å². The monoisotopic (exact) mass is 366 g/mol. The van der Waals surface area contributed by atoms with Crippen molar-refractivity contribution in [1.29, 1.82) is 0 Å². The Hall–Kier alpha value is -1.91. The van der Waals surface area contributed by atoms with E-state index in [9.17, 15) is 8.42 Å². The van der Waals surface area contributed by atoms with Crippen molar-refractivity contribution in [1.82, 2.24) is 28.7 Å². The third-order valence-corrected chi connectivity index (χ3v) is 6.22. The minimum absolute atomic E-state index is 0.0370. The van der Waals surface area contributed by atoms with E-state index in [0.29, 0.717) is 36.8 Å². The van der Waals surface area contributed by atoms with E-state index in [4.69, 9.17) is 4.52 Å². The predicted molar refractivity (Wildman–Crippen MR) is 90.9 cm³/mol. The molecule has 3 rings (SSSR count). The Bertz CT molecular complexity index is 835. The van der Waals surface area contributed by atoms with E-state index in [1.807, 2.05) is 6.92 Å². The quantitative estimate of drug-likeness (QED) is 0.779. The first-order valence-corrected chi connectivity index (χ1v) is 9.63. The zero-order valence-corrected chi connectivity index (χ0v) is 15.4. The summed E-state index contributed by atoms with van der Waals surface area (Å²) in [7, 11) is -0.360. The molecule has 9 nitrogen and oxygen atoms in total. The molecule has 1 fully saturated rings. The number of hydrogen-bond acceptors (Lipinski definition) is 7. The molecule has 0 bridgehead atoms. The molecule has 0 saturated carbocycles. The zero-order valence-electron chi connectivity index (χ0n) is 14.6. The van der Waals surface area contributed by atoms with Crippen LogP contribution in [0.1, 0.15) is 37.3 Å². The molecule has 1 atom stereocenters. The third-order valence-electron chi connectivity index (χ3n) is 4.31. The van der Waals surface area contributed by atoms with Crippen molar-refractivity contribution in [3.05, 3.63) is 24.1 Å². The van der Waals surface area contributed by atoms with Gasteiger partial charge in [-0.1, -0.05) is 12.1 Å². The van der Waals surface area contributed by atoms with Gasteiger partial charge in [-0.25, -0.2) is 9.97 Å². The molecule has 1 aliphatic heterocycles. The van der Waals surface area contributed by atoms with E-state index in [0.717, 1.165) is 18.5 Å². The highest BCUT2D eigenvalue weighted by molar-refractivity contribution is 7.86. The normalized spacial score (nSPS) is 19.4. The Morgan fingerprint density at radius 2 is 2.20 bits per heavy atom. The van der Waals surface area contributed by atoms with Gasteiger partial charge in [-0.3, -0.25) is 0 Å². The second kappa shape index (κ2) is 7.14. The van der Waals surface area contributed by atoms with Crippen LogP contribution < -0.4 is 0 Å². The van der Waals surface area contributed by atoms with Gasteiger partial charge in [0.25, 0.3) is 10.2 Å². The average molecular weight is 366 g/mol. The minimum Gasteiger partial charge on any atom is -0.339 e. The highest BCUT2D eigenvalue weighted by Gasteiger charge is 2.33. The highest BCUT2D eigenvalue weighted by Crippen LogP contribution is 2.32. The topological polar surface area (TPSA) is 105 Å². The first kappa shape index (κ1) is 17.9. The fourth-order valence-electron chi connectivity index (χ4n) is 2.95. The van der Waals surface area contributed by atoms with Gasteiger partial charge in [0.1, 0.15) is 6.33 Å². The van der Waals surface area contributed by atoms with Gasteiger partial charge in [-0.15, -0.1) is 0 Å². The molecule has 1 aliphatic rings. The van der Waals surface area contributed by atoms with Crippen LogP contribution in [0.4, 0.5) is 0 Å². The fourth-order valence-corrected chi connectivity index (χ4v) is 4.14. The van der Waals surface area contributed by atoms with Crippen molar-refractivity contribution in [2.75, 3.05) is 27.2 Å². The number of hydrogen-bond donors (Lipinski definition) is 0. The molecule has 25 heavy (non-hydrogen) atoms. The first-order valence-electron chi connectivity index (χ1n) is 8.24. The SMILES string of the molecule is CCc1nc(-c2cncnc2C2CCCN(S(=O)(=O)N(C)C)C2)no1. The summed E-state index contributed by atoms with van der Waals surface area (Å²) in [5.74, 6) is 0.954. The zero-order chi connectivity index (χ0) is 18.0.